The van der Waals surface area contributed by atoms with E-state index in [1.165, 1.54) is 53.7 Å². The molecule has 33 heavy (non-hydrogen) atoms. The largest absolute Gasteiger partial charge is 0.501 e. The van der Waals surface area contributed by atoms with E-state index < -0.39 is 34.6 Å². The highest BCUT2D eigenvalue weighted by Crippen LogP contribution is 2.23. The topological polar surface area (TPSA) is 130 Å². The number of halogens is 1. The Hall–Kier alpha value is -4.54. The summed E-state index contributed by atoms with van der Waals surface area (Å²) in [6, 6.07) is 9.94. The number of fused-ring (bicyclic) bond motifs is 1. The minimum Gasteiger partial charge on any atom is -0.501 e. The molecule has 0 fully saturated rings. The second-order valence-electron chi connectivity index (χ2n) is 6.94. The van der Waals surface area contributed by atoms with Crippen LogP contribution in [0.25, 0.3) is 5.65 Å². The second-order valence-corrected chi connectivity index (χ2v) is 6.94. The molecule has 0 unspecified atom stereocenters. The Labute approximate surface area is 185 Å². The van der Waals surface area contributed by atoms with Crippen molar-refractivity contribution < 1.29 is 23.6 Å². The van der Waals surface area contributed by atoms with Crippen molar-refractivity contribution in [3.63, 3.8) is 0 Å². The fourth-order valence-corrected chi connectivity index (χ4v) is 3.26. The average molecular weight is 451 g/mol. The molecule has 2 amide bonds. The molecular weight excluding hydrogens is 433 g/mol. The Kier molecular flexibility index (Phi) is 5.85. The van der Waals surface area contributed by atoms with Crippen LogP contribution in [-0.4, -0.2) is 38.0 Å². The standard InChI is InChI=1S/C22H18FN5O5/c1-2-27(21(31)16-9-10-25-33-16)15-4-3-11-28-19(15)26-17(18(29)22(28)32)20(30)24-12-13-5-7-14(23)8-6-13/h3-11,29H,2,12H2,1H3,(H,24,30). The van der Waals surface area contributed by atoms with Crippen LogP contribution >= 0.6 is 0 Å². The van der Waals surface area contributed by atoms with Crippen molar-refractivity contribution in [2.45, 2.75) is 13.5 Å². The number of aromatic nitrogens is 3. The number of rotatable bonds is 6. The summed E-state index contributed by atoms with van der Waals surface area (Å²) in [5.41, 5.74) is -0.556. The first-order valence-corrected chi connectivity index (χ1v) is 9.90. The lowest BCUT2D eigenvalue weighted by Gasteiger charge is -2.21. The first-order chi connectivity index (χ1) is 15.9. The van der Waals surface area contributed by atoms with Crippen LogP contribution in [-0.2, 0) is 6.54 Å². The Bertz CT molecular complexity index is 1380. The lowest BCUT2D eigenvalue weighted by Crippen LogP contribution is -2.32. The van der Waals surface area contributed by atoms with Crippen molar-refractivity contribution in [1.82, 2.24) is 19.9 Å². The third-order valence-electron chi connectivity index (χ3n) is 4.89. The molecule has 0 bridgehead atoms. The number of nitrogens with one attached hydrogen (secondary N) is 1. The maximum atomic E-state index is 13.1. The molecule has 1 aromatic carbocycles. The molecule has 0 radical (unpaired) electrons. The van der Waals surface area contributed by atoms with Gasteiger partial charge in [-0.25, -0.2) is 9.37 Å². The number of carbonyl (C=O) groups is 2. The Morgan fingerprint density at radius 2 is 1.97 bits per heavy atom. The van der Waals surface area contributed by atoms with E-state index in [4.69, 9.17) is 4.52 Å². The first kappa shape index (κ1) is 21.7. The minimum absolute atomic E-state index is 0.0121. The van der Waals surface area contributed by atoms with Gasteiger partial charge in [-0.2, -0.15) is 0 Å². The summed E-state index contributed by atoms with van der Waals surface area (Å²) in [4.78, 5) is 43.8. The Morgan fingerprint density at radius 3 is 2.64 bits per heavy atom. The number of nitrogens with zero attached hydrogens (tertiary/aromatic N) is 4. The van der Waals surface area contributed by atoms with Gasteiger partial charge < -0.3 is 19.8 Å². The van der Waals surface area contributed by atoms with E-state index in [-0.39, 0.29) is 30.2 Å². The van der Waals surface area contributed by atoms with E-state index >= 15 is 0 Å². The zero-order valence-corrected chi connectivity index (χ0v) is 17.4. The third kappa shape index (κ3) is 4.15. The van der Waals surface area contributed by atoms with E-state index in [1.54, 1.807) is 13.0 Å². The molecule has 0 spiro atoms. The SMILES string of the molecule is CCN(C(=O)c1ccno1)c1cccn2c(=O)c(O)c(C(=O)NCc3ccc(F)cc3)nc12. The summed E-state index contributed by atoms with van der Waals surface area (Å²) in [5, 5.41) is 16.4. The average Bonchev–Trinajstić information content (AvgIpc) is 3.36. The van der Waals surface area contributed by atoms with Crippen molar-refractivity contribution in [2.24, 2.45) is 0 Å². The molecule has 0 aliphatic carbocycles. The van der Waals surface area contributed by atoms with Crippen LogP contribution in [0.2, 0.25) is 0 Å². The molecule has 3 heterocycles. The lowest BCUT2D eigenvalue weighted by molar-refractivity contribution is 0.0939. The van der Waals surface area contributed by atoms with E-state index in [2.05, 4.69) is 15.5 Å². The van der Waals surface area contributed by atoms with Gasteiger partial charge in [-0.3, -0.25) is 18.8 Å². The highest BCUT2D eigenvalue weighted by molar-refractivity contribution is 6.06. The molecule has 0 saturated heterocycles. The lowest BCUT2D eigenvalue weighted by atomic mass is 10.2. The van der Waals surface area contributed by atoms with Gasteiger partial charge in [0, 0.05) is 25.4 Å². The van der Waals surface area contributed by atoms with Crippen LogP contribution in [0, 0.1) is 5.82 Å². The van der Waals surface area contributed by atoms with E-state index in [1.807, 2.05) is 0 Å². The van der Waals surface area contributed by atoms with Crippen molar-refractivity contribution in [2.75, 3.05) is 11.4 Å². The second kappa shape index (κ2) is 8.91. The number of benzene rings is 1. The van der Waals surface area contributed by atoms with Crippen LogP contribution in [0.4, 0.5) is 10.1 Å². The van der Waals surface area contributed by atoms with Gasteiger partial charge in [-0.05, 0) is 36.8 Å². The van der Waals surface area contributed by atoms with Gasteiger partial charge in [0.25, 0.3) is 11.8 Å². The zero-order chi connectivity index (χ0) is 23.5. The predicted octanol–water partition coefficient (Wildman–Crippen LogP) is 2.12. The van der Waals surface area contributed by atoms with Crippen LogP contribution in [0.15, 0.2) is 64.2 Å². The summed E-state index contributed by atoms with van der Waals surface area (Å²) in [5.74, 6) is -2.61. The van der Waals surface area contributed by atoms with Gasteiger partial charge >= 0.3 is 5.56 Å². The molecule has 10 nitrogen and oxygen atoms in total. The maximum absolute atomic E-state index is 13.1. The molecule has 3 aromatic heterocycles. The van der Waals surface area contributed by atoms with Crippen LogP contribution in [0.3, 0.4) is 0 Å². The summed E-state index contributed by atoms with van der Waals surface area (Å²) in [6.07, 6.45) is 2.69. The molecular formula is C22H18FN5O5. The van der Waals surface area contributed by atoms with Crippen LogP contribution < -0.4 is 15.8 Å². The van der Waals surface area contributed by atoms with Crippen molar-refractivity contribution in [1.29, 1.82) is 0 Å². The summed E-state index contributed by atoms with van der Waals surface area (Å²) in [6.45, 7) is 1.93. The van der Waals surface area contributed by atoms with Crippen molar-refractivity contribution in [3.8, 4) is 5.75 Å². The van der Waals surface area contributed by atoms with E-state index in [0.29, 0.717) is 5.56 Å². The summed E-state index contributed by atoms with van der Waals surface area (Å²) >= 11 is 0. The maximum Gasteiger partial charge on any atom is 0.300 e. The molecule has 0 aliphatic heterocycles. The summed E-state index contributed by atoms with van der Waals surface area (Å²) < 4.78 is 19.0. The number of amides is 2. The third-order valence-corrected chi connectivity index (χ3v) is 4.89. The molecule has 2 N–H and O–H groups in total. The molecule has 0 atom stereocenters. The number of anilines is 1. The predicted molar refractivity (Wildman–Crippen MR) is 115 cm³/mol. The van der Waals surface area contributed by atoms with Crippen LogP contribution in [0.1, 0.15) is 33.5 Å². The smallest absolute Gasteiger partial charge is 0.300 e. The van der Waals surface area contributed by atoms with E-state index in [0.717, 1.165) is 4.40 Å². The Morgan fingerprint density at radius 1 is 1.21 bits per heavy atom. The van der Waals surface area contributed by atoms with Gasteiger partial charge in [0.15, 0.2) is 11.3 Å². The van der Waals surface area contributed by atoms with Gasteiger partial charge in [-0.1, -0.05) is 17.3 Å². The first-order valence-electron chi connectivity index (χ1n) is 9.90. The molecule has 0 aliphatic rings. The number of hydrogen-bond acceptors (Lipinski definition) is 7. The fourth-order valence-electron chi connectivity index (χ4n) is 3.26. The van der Waals surface area contributed by atoms with Gasteiger partial charge in [-0.15, -0.1) is 0 Å². The Balaban J connectivity index is 1.73. The monoisotopic (exact) mass is 451 g/mol. The normalized spacial score (nSPS) is 10.8. The summed E-state index contributed by atoms with van der Waals surface area (Å²) in [7, 11) is 0. The van der Waals surface area contributed by atoms with Gasteiger partial charge in [0.1, 0.15) is 5.82 Å². The number of hydrogen-bond donors (Lipinski definition) is 2. The molecule has 4 rings (SSSR count). The number of pyridine rings is 1. The quantitative estimate of drug-likeness (QED) is 0.459. The zero-order valence-electron chi connectivity index (χ0n) is 17.4. The van der Waals surface area contributed by atoms with Crippen LogP contribution in [0.5, 0.6) is 5.75 Å². The highest BCUT2D eigenvalue weighted by atomic mass is 19.1. The molecule has 0 saturated carbocycles. The van der Waals surface area contributed by atoms with Gasteiger partial charge in [0.2, 0.25) is 11.5 Å². The van der Waals surface area contributed by atoms with E-state index in [9.17, 15) is 23.9 Å². The number of carbonyl (C=O) groups excluding carboxylic acids is 2. The molecule has 11 heteroatoms. The fraction of sp³-hybridized carbons (Fsp3) is 0.136. The van der Waals surface area contributed by atoms with Crippen molar-refractivity contribution in [3.05, 3.63) is 88.0 Å². The van der Waals surface area contributed by atoms with Gasteiger partial charge in [0.05, 0.1) is 11.9 Å². The number of aromatic hydroxyl groups is 1. The van der Waals surface area contributed by atoms with Crippen molar-refractivity contribution >= 4 is 23.1 Å². The molecule has 4 aromatic rings. The highest BCUT2D eigenvalue weighted by Gasteiger charge is 2.25. The minimum atomic E-state index is -0.878. The molecule has 168 valence electrons.